The number of piperidine rings is 1. The second kappa shape index (κ2) is 7.44. The predicted octanol–water partition coefficient (Wildman–Crippen LogP) is 4.81. The van der Waals surface area contributed by atoms with Crippen molar-refractivity contribution in [3.63, 3.8) is 0 Å². The van der Waals surface area contributed by atoms with Crippen molar-refractivity contribution < 1.29 is 13.2 Å². The molecule has 0 amide bonds. The van der Waals surface area contributed by atoms with Gasteiger partial charge >= 0.3 is 6.18 Å². The van der Waals surface area contributed by atoms with Crippen LogP contribution in [-0.4, -0.2) is 27.7 Å². The van der Waals surface area contributed by atoms with Gasteiger partial charge in [-0.1, -0.05) is 23.7 Å². The van der Waals surface area contributed by atoms with Gasteiger partial charge in [-0.2, -0.15) is 17.7 Å². The van der Waals surface area contributed by atoms with Crippen molar-refractivity contribution in [2.45, 2.75) is 24.9 Å². The Balaban J connectivity index is 1.48. The fourth-order valence-electron chi connectivity index (χ4n) is 4.33. The molecule has 3 N–H and O–H groups in total. The van der Waals surface area contributed by atoms with Crippen LogP contribution in [0.3, 0.4) is 0 Å². The van der Waals surface area contributed by atoms with E-state index in [2.05, 4.69) is 10.1 Å². The number of fused-ring (bicyclic) bond motifs is 2. The Morgan fingerprint density at radius 1 is 1.09 bits per heavy atom. The molecule has 10 heteroatoms. The third kappa shape index (κ3) is 3.46. The summed E-state index contributed by atoms with van der Waals surface area (Å²) in [6, 6.07) is 10.8. The van der Waals surface area contributed by atoms with Gasteiger partial charge in [0, 0.05) is 18.1 Å². The van der Waals surface area contributed by atoms with Crippen LogP contribution in [0, 0.1) is 0 Å². The van der Waals surface area contributed by atoms with Gasteiger partial charge in [-0.3, -0.25) is 9.89 Å². The molecular weight excluding hydrogens is 443 g/mol. The topological polar surface area (TPSA) is 79.4 Å². The van der Waals surface area contributed by atoms with E-state index < -0.39 is 17.3 Å². The maximum atomic E-state index is 13.1. The molecule has 1 fully saturated rings. The van der Waals surface area contributed by atoms with E-state index in [0.29, 0.717) is 35.5 Å². The summed E-state index contributed by atoms with van der Waals surface area (Å²) in [5, 5.41) is 3.54. The number of nitrogen functional groups attached to an aromatic ring is 1. The molecule has 2 aromatic carbocycles. The van der Waals surface area contributed by atoms with E-state index in [1.54, 1.807) is 0 Å². The monoisotopic (exact) mass is 461 g/mol. The quantitative estimate of drug-likeness (QED) is 0.449. The fraction of sp³-hybridized carbons (Fsp3) is 0.273. The van der Waals surface area contributed by atoms with Crippen LogP contribution in [0.5, 0.6) is 0 Å². The summed E-state index contributed by atoms with van der Waals surface area (Å²) < 4.78 is 40.4. The lowest BCUT2D eigenvalue weighted by atomic mass is 9.89. The molecule has 0 saturated carbocycles. The predicted molar refractivity (Wildman–Crippen MR) is 118 cm³/mol. The lowest BCUT2D eigenvalue weighted by Gasteiger charge is -2.33. The average molecular weight is 462 g/mol. The second-order valence-electron chi connectivity index (χ2n) is 7.99. The lowest BCUT2D eigenvalue weighted by Crippen LogP contribution is -2.33. The number of halogens is 4. The van der Waals surface area contributed by atoms with Crippen molar-refractivity contribution >= 4 is 39.7 Å². The summed E-state index contributed by atoms with van der Waals surface area (Å²) in [6.45, 7) is 1.41. The molecule has 1 aliphatic heterocycles. The summed E-state index contributed by atoms with van der Waals surface area (Å²) >= 11 is 5.98. The summed E-state index contributed by atoms with van der Waals surface area (Å²) in [6.07, 6.45) is -2.78. The Labute approximate surface area is 185 Å². The number of alkyl halides is 3. The number of rotatable bonds is 2. The minimum Gasteiger partial charge on any atom is -0.393 e. The van der Waals surface area contributed by atoms with Crippen molar-refractivity contribution in [1.29, 1.82) is 0 Å². The second-order valence-corrected chi connectivity index (χ2v) is 8.43. The van der Waals surface area contributed by atoms with Crippen LogP contribution in [0.2, 0.25) is 5.02 Å². The molecule has 3 heterocycles. The molecule has 0 spiro atoms. The Bertz CT molecular complexity index is 1370. The van der Waals surface area contributed by atoms with Crippen LogP contribution >= 0.6 is 11.6 Å². The van der Waals surface area contributed by atoms with Crippen LogP contribution in [0.1, 0.15) is 29.9 Å². The molecule has 0 aliphatic carbocycles. The molecule has 6 nitrogen and oxygen atoms in total. The lowest BCUT2D eigenvalue weighted by molar-refractivity contribution is -0.137. The minimum atomic E-state index is -4.55. The average Bonchev–Trinajstić information content (AvgIpc) is 3.10. The molecule has 166 valence electrons. The van der Waals surface area contributed by atoms with E-state index in [4.69, 9.17) is 17.3 Å². The first kappa shape index (κ1) is 20.7. The molecule has 0 unspecified atom stereocenters. The molecule has 0 atom stereocenters. The summed E-state index contributed by atoms with van der Waals surface area (Å²) in [7, 11) is 0. The number of nitrogens with two attached hydrogens (primary N) is 1. The number of aromatic amines is 1. The van der Waals surface area contributed by atoms with E-state index in [0.717, 1.165) is 29.5 Å². The first-order chi connectivity index (χ1) is 15.2. The third-order valence-corrected chi connectivity index (χ3v) is 6.31. The number of H-pyrrole nitrogens is 1. The Hall–Kier alpha value is -3.20. The van der Waals surface area contributed by atoms with Crippen LogP contribution < -0.4 is 16.2 Å². The molecule has 1 aliphatic rings. The maximum absolute atomic E-state index is 13.1. The van der Waals surface area contributed by atoms with Gasteiger partial charge in [0.15, 0.2) is 5.65 Å². The Morgan fingerprint density at radius 3 is 2.44 bits per heavy atom. The van der Waals surface area contributed by atoms with Gasteiger partial charge in [0.1, 0.15) is 11.5 Å². The smallest absolute Gasteiger partial charge is 0.393 e. The fourth-order valence-corrected chi connectivity index (χ4v) is 4.46. The van der Waals surface area contributed by atoms with Gasteiger partial charge in [0.2, 0.25) is 0 Å². The van der Waals surface area contributed by atoms with Crippen molar-refractivity contribution in [3.8, 4) is 0 Å². The van der Waals surface area contributed by atoms with E-state index in [9.17, 15) is 18.0 Å². The molecule has 0 bridgehead atoms. The van der Waals surface area contributed by atoms with E-state index in [1.165, 1.54) is 11.6 Å². The Kier molecular flexibility index (Phi) is 4.81. The standard InChI is InChI=1S/C22H19ClF3N5O/c23-15-4-1-12(2-5-15)13-7-9-30(10-8-13)20-18(27)19-28-17-6-3-14(22(24,25)26)11-16(17)21(32)31(19)29-20/h1-6,11,13,29H,7-10,27H2. The normalized spacial score (nSPS) is 15.7. The third-order valence-electron chi connectivity index (χ3n) is 6.06. The number of nitrogens with one attached hydrogen (secondary N) is 1. The van der Waals surface area contributed by atoms with Gasteiger partial charge in [0.05, 0.1) is 16.5 Å². The number of hydrogen-bond acceptors (Lipinski definition) is 4. The Morgan fingerprint density at radius 2 is 1.78 bits per heavy atom. The summed E-state index contributed by atoms with van der Waals surface area (Å²) in [4.78, 5) is 19.3. The molecule has 1 saturated heterocycles. The van der Waals surface area contributed by atoms with Crippen LogP contribution in [0.15, 0.2) is 47.3 Å². The molecule has 5 rings (SSSR count). The molecule has 2 aromatic heterocycles. The largest absolute Gasteiger partial charge is 0.416 e. The zero-order chi connectivity index (χ0) is 22.6. The number of hydrogen-bond donors (Lipinski definition) is 2. The van der Waals surface area contributed by atoms with Crippen molar-refractivity contribution in [2.75, 3.05) is 23.7 Å². The van der Waals surface area contributed by atoms with Gasteiger partial charge < -0.3 is 10.6 Å². The highest BCUT2D eigenvalue weighted by Gasteiger charge is 2.31. The highest BCUT2D eigenvalue weighted by atomic mass is 35.5. The molecular formula is C22H19ClF3N5O. The van der Waals surface area contributed by atoms with Crippen LogP contribution in [0.4, 0.5) is 24.7 Å². The molecule has 4 aromatic rings. The summed E-state index contributed by atoms with van der Waals surface area (Å²) in [5.74, 6) is 0.939. The van der Waals surface area contributed by atoms with E-state index in [1.807, 2.05) is 29.2 Å². The summed E-state index contributed by atoms with van der Waals surface area (Å²) in [5.41, 5.74) is 6.68. The van der Waals surface area contributed by atoms with Crippen molar-refractivity contribution in [3.05, 3.63) is 69.0 Å². The van der Waals surface area contributed by atoms with Gasteiger partial charge in [0.25, 0.3) is 5.56 Å². The van der Waals surface area contributed by atoms with Gasteiger partial charge in [-0.25, -0.2) is 4.98 Å². The van der Waals surface area contributed by atoms with E-state index >= 15 is 0 Å². The van der Waals surface area contributed by atoms with Crippen LogP contribution in [-0.2, 0) is 6.18 Å². The number of aromatic nitrogens is 3. The minimum absolute atomic E-state index is 0.119. The van der Waals surface area contributed by atoms with Crippen LogP contribution in [0.25, 0.3) is 16.6 Å². The number of anilines is 2. The van der Waals surface area contributed by atoms with E-state index in [-0.39, 0.29) is 16.6 Å². The first-order valence-electron chi connectivity index (χ1n) is 10.1. The molecule has 32 heavy (non-hydrogen) atoms. The van der Waals surface area contributed by atoms with Gasteiger partial charge in [-0.05, 0) is 54.7 Å². The molecule has 0 radical (unpaired) electrons. The first-order valence-corrected chi connectivity index (χ1v) is 10.5. The number of benzene rings is 2. The number of nitrogens with zero attached hydrogens (tertiary/aromatic N) is 3. The SMILES string of the molecule is Nc1c(N2CCC(c3ccc(Cl)cc3)CC2)[nH]n2c(=O)c3cc(C(F)(F)F)ccc3nc12. The highest BCUT2D eigenvalue weighted by Crippen LogP contribution is 2.34. The van der Waals surface area contributed by atoms with Crippen molar-refractivity contribution in [2.24, 2.45) is 0 Å². The highest BCUT2D eigenvalue weighted by molar-refractivity contribution is 6.30. The zero-order valence-electron chi connectivity index (χ0n) is 16.8. The van der Waals surface area contributed by atoms with Gasteiger partial charge in [-0.15, -0.1) is 0 Å². The zero-order valence-corrected chi connectivity index (χ0v) is 17.5. The van der Waals surface area contributed by atoms with Crippen molar-refractivity contribution in [1.82, 2.24) is 14.6 Å². The maximum Gasteiger partial charge on any atom is 0.416 e.